The average molecular weight is 321 g/mol. The van der Waals surface area contributed by atoms with Crippen molar-refractivity contribution in [2.45, 2.75) is 32.4 Å². The first-order valence-electron chi connectivity index (χ1n) is 6.94. The summed E-state index contributed by atoms with van der Waals surface area (Å²) >= 11 is 0. The second-order valence-corrected chi connectivity index (χ2v) is 4.81. The quantitative estimate of drug-likeness (QED) is 0.562. The lowest BCUT2D eigenvalue weighted by molar-refractivity contribution is -0.147. The van der Waals surface area contributed by atoms with Crippen molar-refractivity contribution < 1.29 is 29.0 Å². The van der Waals surface area contributed by atoms with E-state index in [9.17, 15) is 14.4 Å². The minimum Gasteiger partial charge on any atom is -0.481 e. The predicted molar refractivity (Wildman–Crippen MR) is 81.3 cm³/mol. The summed E-state index contributed by atoms with van der Waals surface area (Å²) in [5.41, 5.74) is 0.780. The van der Waals surface area contributed by atoms with Crippen LogP contribution in [0.2, 0.25) is 0 Å². The Morgan fingerprint density at radius 2 is 1.91 bits per heavy atom. The molecule has 0 bridgehead atoms. The number of ether oxygens (including phenoxy) is 2. The van der Waals surface area contributed by atoms with Gasteiger partial charge in [0, 0.05) is 6.42 Å². The molecular weight excluding hydrogens is 302 g/mol. The van der Waals surface area contributed by atoms with Gasteiger partial charge in [0.25, 0.3) is 0 Å². The maximum atomic E-state index is 12.0. The standard InChI is InChI=1S/C16H19NO6/c1-11(2)23-16(21)17-13(8-9-14(18)19)15(20)22-10-12-6-4-3-5-7-12/h3-7,13H,1,8-10H2,2H3,(H,17,21)(H,18,19)/t13-/m0/s1. The number of nitrogens with one attached hydrogen (secondary N) is 1. The molecule has 0 aromatic heterocycles. The third-order valence-electron chi connectivity index (χ3n) is 2.71. The van der Waals surface area contributed by atoms with Gasteiger partial charge in [-0.2, -0.15) is 0 Å². The van der Waals surface area contributed by atoms with Crippen LogP contribution in [0.25, 0.3) is 0 Å². The van der Waals surface area contributed by atoms with Crippen LogP contribution in [0.4, 0.5) is 4.79 Å². The average Bonchev–Trinajstić information content (AvgIpc) is 2.49. The van der Waals surface area contributed by atoms with Crippen LogP contribution in [0.3, 0.4) is 0 Å². The van der Waals surface area contributed by atoms with Crippen LogP contribution in [0.1, 0.15) is 25.3 Å². The molecule has 124 valence electrons. The van der Waals surface area contributed by atoms with Crippen LogP contribution < -0.4 is 5.32 Å². The van der Waals surface area contributed by atoms with Gasteiger partial charge in [0.15, 0.2) is 0 Å². The fraction of sp³-hybridized carbons (Fsp3) is 0.312. The number of carboxylic acids is 1. The largest absolute Gasteiger partial charge is 0.481 e. The van der Waals surface area contributed by atoms with Crippen molar-refractivity contribution in [3.05, 3.63) is 48.2 Å². The first-order valence-corrected chi connectivity index (χ1v) is 6.94. The first-order chi connectivity index (χ1) is 10.9. The number of amides is 1. The highest BCUT2D eigenvalue weighted by atomic mass is 16.6. The number of carbonyl (C=O) groups excluding carboxylic acids is 2. The van der Waals surface area contributed by atoms with Crippen LogP contribution in [0, 0.1) is 0 Å². The second kappa shape index (κ2) is 9.24. The Hall–Kier alpha value is -2.83. The highest BCUT2D eigenvalue weighted by Gasteiger charge is 2.24. The van der Waals surface area contributed by atoms with E-state index >= 15 is 0 Å². The minimum atomic E-state index is -1.11. The number of hydrogen-bond acceptors (Lipinski definition) is 5. The third kappa shape index (κ3) is 7.66. The zero-order chi connectivity index (χ0) is 17.2. The molecule has 0 spiro atoms. The fourth-order valence-electron chi connectivity index (χ4n) is 1.68. The van der Waals surface area contributed by atoms with Gasteiger partial charge in [0.2, 0.25) is 0 Å². The monoisotopic (exact) mass is 321 g/mol. The lowest BCUT2D eigenvalue weighted by atomic mass is 10.1. The molecule has 0 radical (unpaired) electrons. The summed E-state index contributed by atoms with van der Waals surface area (Å²) in [4.78, 5) is 34.2. The Morgan fingerprint density at radius 1 is 1.26 bits per heavy atom. The number of carbonyl (C=O) groups is 3. The van der Waals surface area contributed by atoms with Crippen molar-refractivity contribution >= 4 is 18.0 Å². The van der Waals surface area contributed by atoms with E-state index in [1.54, 1.807) is 24.3 Å². The summed E-state index contributed by atoms with van der Waals surface area (Å²) in [6.07, 6.45) is -1.28. The Balaban J connectivity index is 2.61. The van der Waals surface area contributed by atoms with Crippen molar-refractivity contribution in [3.63, 3.8) is 0 Å². The van der Waals surface area contributed by atoms with Crippen LogP contribution in [0.15, 0.2) is 42.7 Å². The van der Waals surface area contributed by atoms with Crippen molar-refractivity contribution in [1.29, 1.82) is 0 Å². The van der Waals surface area contributed by atoms with Gasteiger partial charge in [-0.3, -0.25) is 4.79 Å². The summed E-state index contributed by atoms with van der Waals surface area (Å²) in [7, 11) is 0. The van der Waals surface area contributed by atoms with Gasteiger partial charge in [-0.15, -0.1) is 0 Å². The molecule has 0 saturated carbocycles. The van der Waals surface area contributed by atoms with Crippen molar-refractivity contribution in [1.82, 2.24) is 5.32 Å². The molecule has 1 aromatic rings. The van der Waals surface area contributed by atoms with Crippen LogP contribution in [-0.2, 0) is 25.7 Å². The van der Waals surface area contributed by atoms with Gasteiger partial charge < -0.3 is 19.9 Å². The smallest absolute Gasteiger partial charge is 0.412 e. The van der Waals surface area contributed by atoms with Crippen molar-refractivity contribution in [2.75, 3.05) is 0 Å². The second-order valence-electron chi connectivity index (χ2n) is 4.81. The Labute approximate surface area is 133 Å². The first kappa shape index (κ1) is 18.2. The summed E-state index contributed by atoms with van der Waals surface area (Å²) < 4.78 is 9.80. The van der Waals surface area contributed by atoms with E-state index in [2.05, 4.69) is 11.9 Å². The molecule has 0 heterocycles. The van der Waals surface area contributed by atoms with Crippen molar-refractivity contribution in [3.8, 4) is 0 Å². The molecule has 0 saturated heterocycles. The summed E-state index contributed by atoms with van der Waals surface area (Å²) in [6.45, 7) is 4.90. The molecule has 1 aromatic carbocycles. The molecule has 1 atom stereocenters. The summed E-state index contributed by atoms with van der Waals surface area (Å²) in [5.74, 6) is -1.66. The van der Waals surface area contributed by atoms with E-state index in [1.807, 2.05) is 6.07 Å². The number of alkyl carbamates (subject to hydrolysis) is 1. The molecular formula is C16H19NO6. The molecule has 7 nitrogen and oxygen atoms in total. The normalized spacial score (nSPS) is 11.2. The van der Waals surface area contributed by atoms with E-state index in [1.165, 1.54) is 6.92 Å². The maximum absolute atomic E-state index is 12.0. The highest BCUT2D eigenvalue weighted by Crippen LogP contribution is 2.06. The fourth-order valence-corrected chi connectivity index (χ4v) is 1.68. The number of rotatable bonds is 8. The van der Waals surface area contributed by atoms with E-state index in [0.717, 1.165) is 5.56 Å². The number of allylic oxidation sites excluding steroid dienone is 1. The number of benzene rings is 1. The summed E-state index contributed by atoms with van der Waals surface area (Å²) in [5, 5.41) is 11.0. The van der Waals surface area contributed by atoms with Gasteiger partial charge in [-0.1, -0.05) is 36.9 Å². The maximum Gasteiger partial charge on any atom is 0.412 e. The van der Waals surface area contributed by atoms with Crippen LogP contribution >= 0.6 is 0 Å². The van der Waals surface area contributed by atoms with Gasteiger partial charge >= 0.3 is 18.0 Å². The lowest BCUT2D eigenvalue weighted by Gasteiger charge is -2.16. The molecule has 0 unspecified atom stereocenters. The van der Waals surface area contributed by atoms with E-state index in [4.69, 9.17) is 14.6 Å². The van der Waals surface area contributed by atoms with Gasteiger partial charge in [0.1, 0.15) is 12.6 Å². The predicted octanol–water partition coefficient (Wildman–Crippen LogP) is 2.22. The van der Waals surface area contributed by atoms with Gasteiger partial charge in [0.05, 0.1) is 5.76 Å². The molecule has 7 heteroatoms. The van der Waals surface area contributed by atoms with Gasteiger partial charge in [-0.25, -0.2) is 9.59 Å². The Bertz CT molecular complexity index is 569. The molecule has 0 aliphatic rings. The van der Waals surface area contributed by atoms with Crippen molar-refractivity contribution in [2.24, 2.45) is 0 Å². The SMILES string of the molecule is C=C(C)OC(=O)N[C@@H](CCC(=O)O)C(=O)OCc1ccccc1. The molecule has 0 fully saturated rings. The Morgan fingerprint density at radius 3 is 2.48 bits per heavy atom. The van der Waals surface area contributed by atoms with E-state index in [0.29, 0.717) is 0 Å². The lowest BCUT2D eigenvalue weighted by Crippen LogP contribution is -2.42. The number of aliphatic carboxylic acids is 1. The van der Waals surface area contributed by atoms with Gasteiger partial charge in [-0.05, 0) is 18.9 Å². The highest BCUT2D eigenvalue weighted by molar-refractivity contribution is 5.82. The number of esters is 1. The molecule has 0 aliphatic heterocycles. The Kier molecular flexibility index (Phi) is 7.32. The molecule has 1 rings (SSSR count). The number of hydrogen-bond donors (Lipinski definition) is 2. The summed E-state index contributed by atoms with van der Waals surface area (Å²) in [6, 6.07) is 7.88. The third-order valence-corrected chi connectivity index (χ3v) is 2.71. The zero-order valence-electron chi connectivity index (χ0n) is 12.8. The van der Waals surface area contributed by atoms with E-state index in [-0.39, 0.29) is 25.2 Å². The van der Waals surface area contributed by atoms with E-state index < -0.39 is 24.1 Å². The number of carboxylic acid groups (broad SMARTS) is 1. The van der Waals surface area contributed by atoms with Crippen LogP contribution in [0.5, 0.6) is 0 Å². The topological polar surface area (TPSA) is 102 Å². The molecule has 1 amide bonds. The zero-order valence-corrected chi connectivity index (χ0v) is 12.8. The molecule has 23 heavy (non-hydrogen) atoms. The molecule has 0 aliphatic carbocycles. The minimum absolute atomic E-state index is 0.0282. The molecule has 2 N–H and O–H groups in total. The van der Waals surface area contributed by atoms with Crippen LogP contribution in [-0.4, -0.2) is 29.2 Å².